The van der Waals surface area contributed by atoms with E-state index >= 15 is 0 Å². The topological polar surface area (TPSA) is 67.4 Å². The molecule has 0 radical (unpaired) electrons. The van der Waals surface area contributed by atoms with Gasteiger partial charge >= 0.3 is 0 Å². The Labute approximate surface area is 199 Å². The van der Waals surface area contributed by atoms with Crippen molar-refractivity contribution in [1.82, 2.24) is 15.5 Å². The van der Waals surface area contributed by atoms with Crippen LogP contribution < -0.4 is 20.1 Å². The molecule has 8 heteroatoms. The maximum Gasteiger partial charge on any atom is 0.191 e. The Morgan fingerprint density at radius 1 is 1.27 bits per heavy atom. The van der Waals surface area contributed by atoms with Crippen LogP contribution in [0.5, 0.6) is 11.5 Å². The molecule has 0 aromatic heterocycles. The fraction of sp³-hybridized carbons (Fsp3) is 0.682. The fourth-order valence-corrected chi connectivity index (χ4v) is 3.40. The van der Waals surface area contributed by atoms with Crippen LogP contribution in [0, 0.1) is 5.92 Å². The van der Waals surface area contributed by atoms with E-state index in [9.17, 15) is 0 Å². The normalized spacial score (nSPS) is 17.4. The Morgan fingerprint density at radius 2 is 2.07 bits per heavy atom. The molecule has 1 atom stereocenters. The van der Waals surface area contributed by atoms with Gasteiger partial charge in [-0.25, -0.2) is 4.99 Å². The lowest BCUT2D eigenvalue weighted by Gasteiger charge is -2.34. The molecule has 2 N–H and O–H groups in total. The number of methoxy groups -OCH3 is 1. The van der Waals surface area contributed by atoms with Crippen LogP contribution in [0.1, 0.15) is 33.3 Å². The summed E-state index contributed by atoms with van der Waals surface area (Å²) in [4.78, 5) is 7.20. The SMILES string of the molecule is CCNC(=NCc1ccc(OC)c(OCC)c1)NCC1CN(CC(C)C)CCO1.I. The Bertz CT molecular complexity index is 643. The number of hydrogen-bond acceptors (Lipinski definition) is 5. The molecule has 1 aromatic carbocycles. The van der Waals surface area contributed by atoms with Crippen molar-refractivity contribution in [3.05, 3.63) is 23.8 Å². The van der Waals surface area contributed by atoms with Crippen molar-refractivity contribution < 1.29 is 14.2 Å². The van der Waals surface area contributed by atoms with Crippen molar-refractivity contribution in [2.24, 2.45) is 10.9 Å². The third-order valence-corrected chi connectivity index (χ3v) is 4.64. The minimum atomic E-state index is 0. The number of rotatable bonds is 10. The van der Waals surface area contributed by atoms with E-state index in [4.69, 9.17) is 19.2 Å². The summed E-state index contributed by atoms with van der Waals surface area (Å²) in [7, 11) is 1.65. The van der Waals surface area contributed by atoms with Gasteiger partial charge in [-0.1, -0.05) is 19.9 Å². The van der Waals surface area contributed by atoms with E-state index in [0.29, 0.717) is 19.1 Å². The number of guanidine groups is 1. The van der Waals surface area contributed by atoms with Crippen LogP contribution in [-0.4, -0.2) is 70.0 Å². The molecule has 1 aliphatic rings. The average Bonchev–Trinajstić information content (AvgIpc) is 2.70. The van der Waals surface area contributed by atoms with Crippen molar-refractivity contribution in [2.75, 3.05) is 53.0 Å². The molecule has 0 spiro atoms. The molecule has 7 nitrogen and oxygen atoms in total. The van der Waals surface area contributed by atoms with E-state index in [0.717, 1.165) is 62.4 Å². The third kappa shape index (κ3) is 9.26. The van der Waals surface area contributed by atoms with Crippen molar-refractivity contribution >= 4 is 29.9 Å². The Balaban J connectivity index is 0.00000450. The van der Waals surface area contributed by atoms with Gasteiger partial charge in [-0.05, 0) is 37.5 Å². The Morgan fingerprint density at radius 3 is 2.73 bits per heavy atom. The van der Waals surface area contributed by atoms with Gasteiger partial charge < -0.3 is 24.8 Å². The van der Waals surface area contributed by atoms with Crippen molar-refractivity contribution in [3.63, 3.8) is 0 Å². The summed E-state index contributed by atoms with van der Waals surface area (Å²) in [6, 6.07) is 5.93. The van der Waals surface area contributed by atoms with E-state index in [1.165, 1.54) is 0 Å². The van der Waals surface area contributed by atoms with Crippen LogP contribution in [0.3, 0.4) is 0 Å². The first-order valence-corrected chi connectivity index (χ1v) is 10.7. The largest absolute Gasteiger partial charge is 0.493 e. The smallest absolute Gasteiger partial charge is 0.191 e. The first-order chi connectivity index (χ1) is 14.0. The summed E-state index contributed by atoms with van der Waals surface area (Å²) in [5.74, 6) is 2.96. The maximum absolute atomic E-state index is 5.93. The second-order valence-corrected chi connectivity index (χ2v) is 7.64. The molecule has 1 unspecified atom stereocenters. The zero-order valence-corrected chi connectivity index (χ0v) is 21.4. The number of hydrogen-bond donors (Lipinski definition) is 2. The van der Waals surface area contributed by atoms with E-state index < -0.39 is 0 Å². The summed E-state index contributed by atoms with van der Waals surface area (Å²) >= 11 is 0. The second kappa shape index (κ2) is 14.7. The number of nitrogens with zero attached hydrogens (tertiary/aromatic N) is 2. The monoisotopic (exact) mass is 534 g/mol. The highest BCUT2D eigenvalue weighted by Crippen LogP contribution is 2.28. The molecule has 30 heavy (non-hydrogen) atoms. The third-order valence-electron chi connectivity index (χ3n) is 4.64. The molecule has 172 valence electrons. The highest BCUT2D eigenvalue weighted by atomic mass is 127. The summed E-state index contributed by atoms with van der Waals surface area (Å²) in [5, 5.41) is 6.74. The van der Waals surface area contributed by atoms with Crippen molar-refractivity contribution in [2.45, 2.75) is 40.3 Å². The summed E-state index contributed by atoms with van der Waals surface area (Å²) in [6.45, 7) is 15.1. The molecule has 2 rings (SSSR count). The second-order valence-electron chi connectivity index (χ2n) is 7.64. The number of halogens is 1. The van der Waals surface area contributed by atoms with Crippen LogP contribution in [0.4, 0.5) is 0 Å². The maximum atomic E-state index is 5.93. The van der Waals surface area contributed by atoms with Crippen molar-refractivity contribution in [1.29, 1.82) is 0 Å². The molecular weight excluding hydrogens is 495 g/mol. The van der Waals surface area contributed by atoms with Crippen LogP contribution in [0.25, 0.3) is 0 Å². The van der Waals surface area contributed by atoms with Gasteiger partial charge in [-0.15, -0.1) is 24.0 Å². The molecule has 0 aliphatic carbocycles. The lowest BCUT2D eigenvalue weighted by atomic mass is 10.2. The molecule has 1 aromatic rings. The molecule has 1 aliphatic heterocycles. The van der Waals surface area contributed by atoms with E-state index in [-0.39, 0.29) is 30.1 Å². The predicted molar refractivity (Wildman–Crippen MR) is 133 cm³/mol. The highest BCUT2D eigenvalue weighted by Gasteiger charge is 2.21. The number of aliphatic imine (C=N–C) groups is 1. The first kappa shape index (κ1) is 26.8. The number of benzene rings is 1. The quantitative estimate of drug-likeness (QED) is 0.273. The van der Waals surface area contributed by atoms with E-state index in [2.05, 4.69) is 36.3 Å². The van der Waals surface area contributed by atoms with Gasteiger partial charge in [0, 0.05) is 32.7 Å². The van der Waals surface area contributed by atoms with Gasteiger partial charge in [0.25, 0.3) is 0 Å². The standard InChI is InChI=1S/C22H38N4O3.HI/c1-6-23-22(25-14-19-16-26(10-11-29-19)15-17(3)4)24-13-18-8-9-20(27-5)21(12-18)28-7-2;/h8-9,12,17,19H,6-7,10-11,13-16H2,1-5H3,(H2,23,24,25);1H. The van der Waals surface area contributed by atoms with Crippen molar-refractivity contribution in [3.8, 4) is 11.5 Å². The predicted octanol–water partition coefficient (Wildman–Crippen LogP) is 3.12. The average molecular weight is 534 g/mol. The zero-order chi connectivity index (χ0) is 21.1. The number of morpholine rings is 1. The Kier molecular flexibility index (Phi) is 13.1. The molecule has 1 saturated heterocycles. The Hall–Kier alpha value is -1.26. The van der Waals surface area contributed by atoms with Crippen LogP contribution in [0.15, 0.2) is 23.2 Å². The molecule has 0 bridgehead atoms. The van der Waals surface area contributed by atoms with Crippen LogP contribution in [-0.2, 0) is 11.3 Å². The molecule has 1 heterocycles. The summed E-state index contributed by atoms with van der Waals surface area (Å²) in [5.41, 5.74) is 1.07. The van der Waals surface area contributed by atoms with Gasteiger partial charge in [-0.2, -0.15) is 0 Å². The van der Waals surface area contributed by atoms with E-state index in [1.807, 2.05) is 25.1 Å². The van der Waals surface area contributed by atoms with Crippen LogP contribution in [0.2, 0.25) is 0 Å². The van der Waals surface area contributed by atoms with Gasteiger partial charge in [0.1, 0.15) is 0 Å². The molecule has 0 saturated carbocycles. The number of ether oxygens (including phenoxy) is 3. The first-order valence-electron chi connectivity index (χ1n) is 10.7. The minimum Gasteiger partial charge on any atom is -0.493 e. The fourth-order valence-electron chi connectivity index (χ4n) is 3.40. The molecular formula is C22H39IN4O3. The summed E-state index contributed by atoms with van der Waals surface area (Å²) < 4.78 is 16.9. The lowest BCUT2D eigenvalue weighted by Crippen LogP contribution is -2.50. The molecule has 0 amide bonds. The van der Waals surface area contributed by atoms with Gasteiger partial charge in [-0.3, -0.25) is 4.90 Å². The zero-order valence-electron chi connectivity index (χ0n) is 19.1. The minimum absolute atomic E-state index is 0. The number of nitrogens with one attached hydrogen (secondary N) is 2. The van der Waals surface area contributed by atoms with Crippen LogP contribution >= 0.6 is 24.0 Å². The van der Waals surface area contributed by atoms with Gasteiger partial charge in [0.05, 0.1) is 33.0 Å². The van der Waals surface area contributed by atoms with E-state index in [1.54, 1.807) is 7.11 Å². The lowest BCUT2D eigenvalue weighted by molar-refractivity contribution is -0.0284. The van der Waals surface area contributed by atoms with Gasteiger partial charge in [0.15, 0.2) is 17.5 Å². The highest BCUT2D eigenvalue weighted by molar-refractivity contribution is 14.0. The summed E-state index contributed by atoms with van der Waals surface area (Å²) in [6.07, 6.45) is 0.178. The molecule has 1 fully saturated rings. The van der Waals surface area contributed by atoms with Gasteiger partial charge in [0.2, 0.25) is 0 Å².